The van der Waals surface area contributed by atoms with Crippen LogP contribution in [-0.4, -0.2) is 61.0 Å². The van der Waals surface area contributed by atoms with Crippen LogP contribution in [0.3, 0.4) is 0 Å². The van der Waals surface area contributed by atoms with Gasteiger partial charge in [-0.15, -0.1) is 0 Å². The van der Waals surface area contributed by atoms with Crippen LogP contribution in [0.5, 0.6) is 0 Å². The van der Waals surface area contributed by atoms with Crippen molar-refractivity contribution in [3.8, 4) is 0 Å². The van der Waals surface area contributed by atoms with Crippen LogP contribution in [-0.2, 0) is 11.2 Å². The lowest BCUT2D eigenvalue weighted by atomic mass is 9.61. The van der Waals surface area contributed by atoms with E-state index in [1.165, 1.54) is 37.1 Å². The molecule has 5 aliphatic rings. The van der Waals surface area contributed by atoms with Crippen LogP contribution >= 0.6 is 0 Å². The average molecular weight is 372 g/mol. The van der Waals surface area contributed by atoms with Crippen LogP contribution in [0.2, 0.25) is 0 Å². The molecule has 4 saturated heterocycles. The number of hydrogen-bond donors (Lipinski definition) is 1. The molecule has 1 aromatic rings. The second-order valence-corrected chi connectivity index (χ2v) is 9.27. The average Bonchev–Trinajstić information content (AvgIpc) is 3.07. The second kappa shape index (κ2) is 7.17. The van der Waals surface area contributed by atoms with E-state index >= 15 is 0 Å². The first-order chi connectivity index (χ1) is 13.1. The number of nitrogens with zero attached hydrogens (tertiary/aromatic N) is 2. The monoisotopic (exact) mass is 371 g/mol. The summed E-state index contributed by atoms with van der Waals surface area (Å²) >= 11 is 0. The smallest absolute Gasteiger partial charge is 0.224 e. The fraction of sp³-hybridized carbons (Fsp3) is 0.682. The van der Waals surface area contributed by atoms with Gasteiger partial charge in [-0.25, -0.2) is 4.39 Å². The lowest BCUT2D eigenvalue weighted by Crippen LogP contribution is -2.61. The molecule has 5 unspecified atom stereocenters. The number of nitrogens with one attached hydrogen (secondary N) is 1. The van der Waals surface area contributed by atoms with Gasteiger partial charge in [0.25, 0.3) is 0 Å². The maximum absolute atomic E-state index is 13.0. The minimum atomic E-state index is -0.177. The molecule has 1 amide bonds. The molecule has 6 rings (SSSR count). The fourth-order valence-corrected chi connectivity index (χ4v) is 6.23. The van der Waals surface area contributed by atoms with Crippen LogP contribution < -0.4 is 5.32 Å². The zero-order valence-electron chi connectivity index (χ0n) is 15.9. The van der Waals surface area contributed by atoms with E-state index in [0.29, 0.717) is 23.8 Å². The molecule has 0 radical (unpaired) electrons. The van der Waals surface area contributed by atoms with Crippen molar-refractivity contribution >= 4 is 5.91 Å². The van der Waals surface area contributed by atoms with Crippen molar-refractivity contribution in [2.24, 2.45) is 23.7 Å². The summed E-state index contributed by atoms with van der Waals surface area (Å²) in [6.45, 7) is 6.51. The van der Waals surface area contributed by atoms with Gasteiger partial charge < -0.3 is 15.1 Å². The molecule has 5 heteroatoms. The Kier molecular flexibility index (Phi) is 4.68. The topological polar surface area (TPSA) is 35.6 Å². The molecule has 0 aromatic heterocycles. The van der Waals surface area contributed by atoms with E-state index in [1.54, 1.807) is 0 Å². The van der Waals surface area contributed by atoms with Gasteiger partial charge in [0.1, 0.15) is 5.82 Å². The summed E-state index contributed by atoms with van der Waals surface area (Å²) in [7, 11) is 0. The second-order valence-electron chi connectivity index (χ2n) is 9.27. The van der Waals surface area contributed by atoms with Gasteiger partial charge >= 0.3 is 0 Å². The predicted octanol–water partition coefficient (Wildman–Crippen LogP) is 2.15. The van der Waals surface area contributed by atoms with Crippen LogP contribution in [0.25, 0.3) is 0 Å². The SMILES string of the molecule is O=C(NC1CCN(CCc2ccc(F)cc2)C1)C1C2CC3C[C@@H]1CN(C3)C2. The number of amides is 1. The predicted molar refractivity (Wildman–Crippen MR) is 103 cm³/mol. The molecule has 4 nitrogen and oxygen atoms in total. The van der Waals surface area contributed by atoms with E-state index in [9.17, 15) is 9.18 Å². The van der Waals surface area contributed by atoms with Gasteiger partial charge in [-0.05, 0) is 61.1 Å². The minimum absolute atomic E-state index is 0.177. The molecule has 5 fully saturated rings. The van der Waals surface area contributed by atoms with Crippen LogP contribution in [0.1, 0.15) is 24.8 Å². The maximum Gasteiger partial charge on any atom is 0.224 e. The highest BCUT2D eigenvalue weighted by molar-refractivity contribution is 5.80. The fourth-order valence-electron chi connectivity index (χ4n) is 6.23. The lowest BCUT2D eigenvalue weighted by Gasteiger charge is -2.55. The van der Waals surface area contributed by atoms with Gasteiger partial charge in [0.05, 0.1) is 0 Å². The number of likely N-dealkylation sites (tertiary alicyclic amines) is 1. The number of benzene rings is 1. The Morgan fingerprint density at radius 2 is 1.81 bits per heavy atom. The third kappa shape index (κ3) is 3.64. The van der Waals surface area contributed by atoms with Crippen LogP contribution in [0, 0.1) is 29.5 Å². The molecular formula is C22H30FN3O. The van der Waals surface area contributed by atoms with Gasteiger partial charge in [0.15, 0.2) is 0 Å². The number of piperidine rings is 3. The molecule has 6 atom stereocenters. The number of carbonyl (C=O) groups excluding carboxylic acids is 1. The van der Waals surface area contributed by atoms with Gasteiger partial charge in [-0.1, -0.05) is 12.1 Å². The zero-order chi connectivity index (χ0) is 18.4. The first kappa shape index (κ1) is 17.6. The summed E-state index contributed by atoms with van der Waals surface area (Å²) in [5, 5.41) is 3.39. The number of halogens is 1. The quantitative estimate of drug-likeness (QED) is 0.862. The van der Waals surface area contributed by atoms with Crippen molar-refractivity contribution in [3.05, 3.63) is 35.6 Å². The van der Waals surface area contributed by atoms with Gasteiger partial charge in [-0.3, -0.25) is 4.79 Å². The standard InChI is InChI=1S/C22H30FN3O/c23-19-3-1-15(2-4-19)5-7-25-8-6-20(14-25)24-22(27)21-17-9-16-10-18(21)13-26(11-16)12-17/h1-4,16-18,20-21H,5-14H2,(H,24,27)/t16?,17-,18?,20?,21?/m1/s1. The Bertz CT molecular complexity index is 663. The molecule has 4 aliphatic heterocycles. The maximum atomic E-state index is 13.0. The Morgan fingerprint density at radius 3 is 2.52 bits per heavy atom. The van der Waals surface area contributed by atoms with Gasteiger partial charge in [0.2, 0.25) is 5.91 Å². The largest absolute Gasteiger partial charge is 0.352 e. The molecule has 4 bridgehead atoms. The zero-order valence-corrected chi connectivity index (χ0v) is 15.9. The molecular weight excluding hydrogens is 341 g/mol. The molecule has 1 saturated carbocycles. The minimum Gasteiger partial charge on any atom is -0.352 e. The van der Waals surface area contributed by atoms with Crippen molar-refractivity contribution < 1.29 is 9.18 Å². The van der Waals surface area contributed by atoms with Crippen molar-refractivity contribution in [2.75, 3.05) is 39.3 Å². The van der Waals surface area contributed by atoms with Gasteiger partial charge in [0, 0.05) is 51.2 Å². The highest BCUT2D eigenvalue weighted by atomic mass is 19.1. The van der Waals surface area contributed by atoms with Crippen molar-refractivity contribution in [1.82, 2.24) is 15.1 Å². The molecule has 146 valence electrons. The summed E-state index contributed by atoms with van der Waals surface area (Å²) in [4.78, 5) is 18.0. The van der Waals surface area contributed by atoms with E-state index < -0.39 is 0 Å². The lowest BCUT2D eigenvalue weighted by molar-refractivity contribution is -0.141. The Balaban J connectivity index is 1.11. The summed E-state index contributed by atoms with van der Waals surface area (Å²) in [5.41, 5.74) is 1.17. The highest BCUT2D eigenvalue weighted by Crippen LogP contribution is 2.47. The molecule has 1 aliphatic carbocycles. The summed E-state index contributed by atoms with van der Waals surface area (Å²) in [6.07, 6.45) is 4.51. The van der Waals surface area contributed by atoms with Crippen molar-refractivity contribution in [1.29, 1.82) is 0 Å². The number of carbonyl (C=O) groups is 1. The molecule has 1 aromatic carbocycles. The first-order valence-corrected chi connectivity index (χ1v) is 10.6. The van der Waals surface area contributed by atoms with E-state index in [0.717, 1.165) is 51.5 Å². The number of hydrogen-bond acceptors (Lipinski definition) is 3. The third-order valence-corrected chi connectivity index (χ3v) is 7.34. The first-order valence-electron chi connectivity index (χ1n) is 10.6. The summed E-state index contributed by atoms with van der Waals surface area (Å²) < 4.78 is 13.0. The molecule has 27 heavy (non-hydrogen) atoms. The molecule has 4 heterocycles. The highest BCUT2D eigenvalue weighted by Gasteiger charge is 2.50. The van der Waals surface area contributed by atoms with Crippen molar-refractivity contribution in [2.45, 2.75) is 31.7 Å². The van der Waals surface area contributed by atoms with Gasteiger partial charge in [-0.2, -0.15) is 0 Å². The molecule has 0 spiro atoms. The van der Waals surface area contributed by atoms with E-state index in [-0.39, 0.29) is 11.7 Å². The summed E-state index contributed by atoms with van der Waals surface area (Å²) in [6, 6.07) is 7.09. The Labute approximate surface area is 161 Å². The Hall–Kier alpha value is -1.46. The van der Waals surface area contributed by atoms with E-state index in [4.69, 9.17) is 0 Å². The third-order valence-electron chi connectivity index (χ3n) is 7.34. The Morgan fingerprint density at radius 1 is 1.07 bits per heavy atom. The van der Waals surface area contributed by atoms with Crippen molar-refractivity contribution in [3.63, 3.8) is 0 Å². The van der Waals surface area contributed by atoms with Crippen LogP contribution in [0.4, 0.5) is 4.39 Å². The number of rotatable bonds is 5. The summed E-state index contributed by atoms with van der Waals surface area (Å²) in [5.74, 6) is 2.44. The van der Waals surface area contributed by atoms with E-state index in [2.05, 4.69) is 15.1 Å². The normalized spacial score (nSPS) is 37.7. The molecule has 1 N–H and O–H groups in total. The van der Waals surface area contributed by atoms with E-state index in [1.807, 2.05) is 12.1 Å². The van der Waals surface area contributed by atoms with Crippen LogP contribution in [0.15, 0.2) is 24.3 Å².